The number of carbonyl (C=O) groups is 1. The Hall–Kier alpha value is -0.690. The Kier molecular flexibility index (Phi) is 8.77. The van der Waals surface area contributed by atoms with E-state index < -0.39 is 5.97 Å². The van der Waals surface area contributed by atoms with Gasteiger partial charge in [-0.3, -0.25) is 9.69 Å². The lowest BCUT2D eigenvalue weighted by Crippen LogP contribution is -2.39. The van der Waals surface area contributed by atoms with Gasteiger partial charge < -0.3 is 19.8 Å². The van der Waals surface area contributed by atoms with Crippen LogP contribution < -0.4 is 0 Å². The molecule has 0 saturated carbocycles. The average molecular weight is 288 g/mol. The molecule has 1 unspecified atom stereocenters. The van der Waals surface area contributed by atoms with Crippen molar-refractivity contribution in [3.63, 3.8) is 0 Å². The zero-order chi connectivity index (χ0) is 14.8. The summed E-state index contributed by atoms with van der Waals surface area (Å²) in [6.07, 6.45) is 2.54. The van der Waals surface area contributed by atoms with Gasteiger partial charge in [0.1, 0.15) is 0 Å². The van der Waals surface area contributed by atoms with Gasteiger partial charge in [0, 0.05) is 26.2 Å². The van der Waals surface area contributed by atoms with Crippen molar-refractivity contribution in [2.24, 2.45) is 5.92 Å². The topological polar surface area (TPSA) is 73.2 Å². The Morgan fingerprint density at radius 2 is 2.00 bits per heavy atom. The molecule has 1 heterocycles. The Labute approximate surface area is 121 Å². The molecule has 6 nitrogen and oxygen atoms in total. The number of rotatable bonds is 11. The molecule has 20 heavy (non-hydrogen) atoms. The molecular formula is C14H28N2O4. The number of carboxylic acid groups (broad SMARTS) is 1. The van der Waals surface area contributed by atoms with Crippen LogP contribution in [0.3, 0.4) is 0 Å². The van der Waals surface area contributed by atoms with Crippen molar-refractivity contribution in [1.82, 2.24) is 9.80 Å². The third kappa shape index (κ3) is 7.19. The van der Waals surface area contributed by atoms with Crippen molar-refractivity contribution in [3.8, 4) is 0 Å². The molecular weight excluding hydrogens is 260 g/mol. The van der Waals surface area contributed by atoms with Crippen LogP contribution in [0.1, 0.15) is 19.8 Å². The lowest BCUT2D eigenvalue weighted by atomic mass is 10.1. The first-order valence-electron chi connectivity index (χ1n) is 7.49. The number of hydrogen-bond donors (Lipinski definition) is 2. The number of carboxylic acids is 1. The maximum atomic E-state index is 11.0. The summed E-state index contributed by atoms with van der Waals surface area (Å²) in [5, 5.41) is 17.7. The molecule has 6 heteroatoms. The standard InChI is InChI=1S/C14H28N2O4/c1-13(14(18)19)12-16(8-10-20-11-9-17)7-6-15-4-2-3-5-15/h13,17H,2-12H2,1H3,(H,18,19). The normalized spacial score (nSPS) is 17.8. The summed E-state index contributed by atoms with van der Waals surface area (Å²) >= 11 is 0. The molecule has 0 amide bonds. The fourth-order valence-corrected chi connectivity index (χ4v) is 2.41. The number of likely N-dealkylation sites (tertiary alicyclic amines) is 1. The maximum absolute atomic E-state index is 11.0. The number of aliphatic carboxylic acids is 1. The summed E-state index contributed by atoms with van der Waals surface area (Å²) in [6.45, 7) is 8.08. The van der Waals surface area contributed by atoms with E-state index in [1.54, 1.807) is 6.92 Å². The molecule has 0 bridgehead atoms. The van der Waals surface area contributed by atoms with Crippen LogP contribution >= 0.6 is 0 Å². The predicted octanol–water partition coefficient (Wildman–Crippen LogP) is 0.114. The van der Waals surface area contributed by atoms with E-state index >= 15 is 0 Å². The smallest absolute Gasteiger partial charge is 0.307 e. The summed E-state index contributed by atoms with van der Waals surface area (Å²) in [4.78, 5) is 15.5. The van der Waals surface area contributed by atoms with E-state index in [2.05, 4.69) is 9.80 Å². The summed E-state index contributed by atoms with van der Waals surface area (Å²) in [6, 6.07) is 0. The van der Waals surface area contributed by atoms with Crippen molar-refractivity contribution in [2.75, 3.05) is 59.1 Å². The monoisotopic (exact) mass is 288 g/mol. The van der Waals surface area contributed by atoms with Gasteiger partial charge in [-0.05, 0) is 25.9 Å². The van der Waals surface area contributed by atoms with Gasteiger partial charge in [0.25, 0.3) is 0 Å². The Morgan fingerprint density at radius 1 is 1.30 bits per heavy atom. The lowest BCUT2D eigenvalue weighted by Gasteiger charge is -2.26. The number of nitrogens with zero attached hydrogens (tertiary/aromatic N) is 2. The molecule has 0 aromatic heterocycles. The van der Waals surface area contributed by atoms with Crippen LogP contribution in [0.25, 0.3) is 0 Å². The van der Waals surface area contributed by atoms with Crippen LogP contribution in [0, 0.1) is 5.92 Å². The summed E-state index contributed by atoms with van der Waals surface area (Å²) in [5.41, 5.74) is 0. The average Bonchev–Trinajstić information content (AvgIpc) is 2.93. The first-order chi connectivity index (χ1) is 9.63. The van der Waals surface area contributed by atoms with Gasteiger partial charge in [-0.1, -0.05) is 6.92 Å². The first kappa shape index (κ1) is 17.4. The zero-order valence-corrected chi connectivity index (χ0v) is 12.5. The number of ether oxygens (including phenoxy) is 1. The molecule has 0 spiro atoms. The molecule has 0 aromatic carbocycles. The van der Waals surface area contributed by atoms with Crippen LogP contribution in [0.2, 0.25) is 0 Å². The lowest BCUT2D eigenvalue weighted by molar-refractivity contribution is -0.141. The van der Waals surface area contributed by atoms with E-state index in [9.17, 15) is 4.79 Å². The molecule has 1 aliphatic rings. The third-order valence-electron chi connectivity index (χ3n) is 3.67. The highest BCUT2D eigenvalue weighted by molar-refractivity contribution is 5.69. The van der Waals surface area contributed by atoms with E-state index in [1.807, 2.05) is 0 Å². The third-order valence-corrected chi connectivity index (χ3v) is 3.67. The fraction of sp³-hybridized carbons (Fsp3) is 0.929. The molecule has 1 atom stereocenters. The molecule has 0 aliphatic carbocycles. The molecule has 1 saturated heterocycles. The van der Waals surface area contributed by atoms with Crippen molar-refractivity contribution < 1.29 is 19.7 Å². The van der Waals surface area contributed by atoms with Crippen molar-refractivity contribution >= 4 is 5.97 Å². The van der Waals surface area contributed by atoms with E-state index in [0.29, 0.717) is 26.3 Å². The van der Waals surface area contributed by atoms with Crippen LogP contribution in [0.5, 0.6) is 0 Å². The van der Waals surface area contributed by atoms with Gasteiger partial charge >= 0.3 is 5.97 Å². The summed E-state index contributed by atoms with van der Waals surface area (Å²) < 4.78 is 5.27. The highest BCUT2D eigenvalue weighted by atomic mass is 16.5. The quantitative estimate of drug-likeness (QED) is 0.526. The number of aliphatic hydroxyl groups is 1. The van der Waals surface area contributed by atoms with Crippen LogP contribution in [0.15, 0.2) is 0 Å². The number of aliphatic hydroxyl groups excluding tert-OH is 1. The van der Waals surface area contributed by atoms with E-state index in [1.165, 1.54) is 12.8 Å². The Bertz CT molecular complexity index is 270. The molecule has 1 fully saturated rings. The van der Waals surface area contributed by atoms with Crippen molar-refractivity contribution in [1.29, 1.82) is 0 Å². The molecule has 2 N–H and O–H groups in total. The molecule has 1 rings (SSSR count). The highest BCUT2D eigenvalue weighted by Crippen LogP contribution is 2.07. The zero-order valence-electron chi connectivity index (χ0n) is 12.5. The SMILES string of the molecule is CC(CN(CCOCCO)CCN1CCCC1)C(=O)O. The highest BCUT2D eigenvalue weighted by Gasteiger charge is 2.18. The Balaban J connectivity index is 2.30. The van der Waals surface area contributed by atoms with Crippen molar-refractivity contribution in [3.05, 3.63) is 0 Å². The minimum atomic E-state index is -0.757. The second-order valence-corrected chi connectivity index (χ2v) is 5.42. The molecule has 0 radical (unpaired) electrons. The first-order valence-corrected chi connectivity index (χ1v) is 7.49. The minimum absolute atomic E-state index is 0.0271. The molecule has 1 aliphatic heterocycles. The largest absolute Gasteiger partial charge is 0.481 e. The van der Waals surface area contributed by atoms with E-state index in [-0.39, 0.29) is 12.5 Å². The van der Waals surface area contributed by atoms with Gasteiger partial charge in [-0.15, -0.1) is 0 Å². The predicted molar refractivity (Wildman–Crippen MR) is 76.8 cm³/mol. The van der Waals surface area contributed by atoms with Gasteiger partial charge in [-0.25, -0.2) is 0 Å². The van der Waals surface area contributed by atoms with Crippen LogP contribution in [-0.4, -0.2) is 85.1 Å². The van der Waals surface area contributed by atoms with E-state index in [0.717, 1.165) is 26.2 Å². The maximum Gasteiger partial charge on any atom is 0.307 e. The Morgan fingerprint density at radius 3 is 2.60 bits per heavy atom. The van der Waals surface area contributed by atoms with Gasteiger partial charge in [0.15, 0.2) is 0 Å². The van der Waals surface area contributed by atoms with Crippen LogP contribution in [-0.2, 0) is 9.53 Å². The molecule has 0 aromatic rings. The minimum Gasteiger partial charge on any atom is -0.481 e. The summed E-state index contributed by atoms with van der Waals surface area (Å²) in [7, 11) is 0. The van der Waals surface area contributed by atoms with E-state index in [4.69, 9.17) is 14.9 Å². The van der Waals surface area contributed by atoms with Gasteiger partial charge in [0.2, 0.25) is 0 Å². The van der Waals surface area contributed by atoms with Gasteiger partial charge in [-0.2, -0.15) is 0 Å². The number of hydrogen-bond acceptors (Lipinski definition) is 5. The van der Waals surface area contributed by atoms with Crippen LogP contribution in [0.4, 0.5) is 0 Å². The molecule has 118 valence electrons. The van der Waals surface area contributed by atoms with Crippen molar-refractivity contribution in [2.45, 2.75) is 19.8 Å². The fourth-order valence-electron chi connectivity index (χ4n) is 2.41. The second-order valence-electron chi connectivity index (χ2n) is 5.42. The summed E-state index contributed by atoms with van der Waals surface area (Å²) in [5.74, 6) is -1.13. The van der Waals surface area contributed by atoms with Gasteiger partial charge in [0.05, 0.1) is 25.7 Å². The second kappa shape index (κ2) is 10.1.